The van der Waals surface area contributed by atoms with E-state index < -0.39 is 10.0 Å². The van der Waals surface area contributed by atoms with Crippen molar-refractivity contribution in [3.8, 4) is 0 Å². The Kier molecular flexibility index (Phi) is 4.16. The van der Waals surface area contributed by atoms with Gasteiger partial charge in [0.1, 0.15) is 0 Å². The second-order valence-corrected chi connectivity index (χ2v) is 6.94. The number of nitrogens with one attached hydrogen (secondary N) is 1. The molecule has 0 aliphatic carbocycles. The first-order chi connectivity index (χ1) is 11.4. The van der Waals surface area contributed by atoms with Crippen molar-refractivity contribution in [1.29, 1.82) is 0 Å². The Hall–Kier alpha value is -2.59. The zero-order valence-electron chi connectivity index (χ0n) is 12.7. The largest absolute Gasteiger partial charge is 0.338 e. The van der Waals surface area contributed by atoms with Crippen LogP contribution in [0.4, 0.5) is 5.69 Å². The van der Waals surface area contributed by atoms with Crippen LogP contribution in [0.25, 0.3) is 0 Å². The number of anilines is 1. The molecule has 10 heteroatoms. The molecule has 3 rings (SSSR count). The highest BCUT2D eigenvalue weighted by atomic mass is 32.2. The van der Waals surface area contributed by atoms with E-state index in [0.717, 1.165) is 4.90 Å². The molecular weight excluding hydrogens is 336 g/mol. The van der Waals surface area contributed by atoms with Gasteiger partial charge in [0, 0.05) is 12.8 Å². The van der Waals surface area contributed by atoms with Crippen LogP contribution in [0.15, 0.2) is 33.7 Å². The highest BCUT2D eigenvalue weighted by Crippen LogP contribution is 2.23. The van der Waals surface area contributed by atoms with Crippen molar-refractivity contribution in [1.82, 2.24) is 14.9 Å². The van der Waals surface area contributed by atoms with Gasteiger partial charge in [0.05, 0.1) is 17.1 Å². The van der Waals surface area contributed by atoms with Crippen LogP contribution in [0.3, 0.4) is 0 Å². The van der Waals surface area contributed by atoms with Gasteiger partial charge in [-0.25, -0.2) is 13.1 Å². The third-order valence-electron chi connectivity index (χ3n) is 3.44. The Bertz CT molecular complexity index is 872. The highest BCUT2D eigenvalue weighted by molar-refractivity contribution is 7.89. The Balaban J connectivity index is 1.74. The maximum absolute atomic E-state index is 12.2. The number of carbonyl (C=O) groups excluding carboxylic acids is 2. The molecule has 0 saturated carbocycles. The van der Waals surface area contributed by atoms with Gasteiger partial charge in [0.15, 0.2) is 5.82 Å². The maximum Gasteiger partial charge on any atom is 0.241 e. The fraction of sp³-hybridized carbons (Fsp3) is 0.286. The average Bonchev–Trinajstić information content (AvgIpc) is 3.11. The van der Waals surface area contributed by atoms with Crippen LogP contribution in [-0.4, -0.2) is 30.4 Å². The first kappa shape index (κ1) is 16.3. The minimum absolute atomic E-state index is 0.00146. The van der Waals surface area contributed by atoms with Gasteiger partial charge in [0.2, 0.25) is 27.7 Å². The maximum atomic E-state index is 12.2. The topological polar surface area (TPSA) is 122 Å². The van der Waals surface area contributed by atoms with E-state index >= 15 is 0 Å². The van der Waals surface area contributed by atoms with Crippen LogP contribution in [0.5, 0.6) is 0 Å². The summed E-state index contributed by atoms with van der Waals surface area (Å²) < 4.78 is 31.6. The molecule has 1 N–H and O–H groups in total. The summed E-state index contributed by atoms with van der Waals surface area (Å²) in [5.74, 6) is -0.0181. The van der Waals surface area contributed by atoms with Gasteiger partial charge < -0.3 is 4.52 Å². The van der Waals surface area contributed by atoms with E-state index in [1.807, 2.05) is 0 Å². The minimum atomic E-state index is -3.78. The number of benzene rings is 1. The van der Waals surface area contributed by atoms with Crippen molar-refractivity contribution in [3.05, 3.63) is 36.0 Å². The van der Waals surface area contributed by atoms with Crippen molar-refractivity contribution in [2.24, 2.45) is 0 Å². The summed E-state index contributed by atoms with van der Waals surface area (Å²) in [7, 11) is -3.78. The van der Waals surface area contributed by atoms with E-state index in [2.05, 4.69) is 14.9 Å². The highest BCUT2D eigenvalue weighted by Gasteiger charge is 2.30. The monoisotopic (exact) mass is 350 g/mol. The van der Waals surface area contributed by atoms with Gasteiger partial charge in [-0.3, -0.25) is 14.5 Å². The molecule has 0 radical (unpaired) electrons. The molecule has 126 valence electrons. The number of aryl methyl sites for hydroxylation is 1. The second kappa shape index (κ2) is 6.13. The number of hydrogen-bond acceptors (Lipinski definition) is 7. The number of rotatable bonds is 5. The van der Waals surface area contributed by atoms with Crippen molar-refractivity contribution < 1.29 is 22.5 Å². The van der Waals surface area contributed by atoms with E-state index in [4.69, 9.17) is 4.52 Å². The zero-order chi connectivity index (χ0) is 17.3. The van der Waals surface area contributed by atoms with E-state index in [-0.39, 0.29) is 42.0 Å². The first-order valence-electron chi connectivity index (χ1n) is 7.11. The van der Waals surface area contributed by atoms with Gasteiger partial charge in [-0.05, 0) is 31.2 Å². The molecule has 24 heavy (non-hydrogen) atoms. The van der Waals surface area contributed by atoms with E-state index in [1.54, 1.807) is 6.92 Å². The molecule has 0 bridgehead atoms. The lowest BCUT2D eigenvalue weighted by Gasteiger charge is -2.14. The first-order valence-corrected chi connectivity index (χ1v) is 8.60. The standard InChI is InChI=1S/C14H14N4O5S/c1-9-16-12(23-17-9)8-15-24(21,22)11-4-2-10(3-5-11)18-13(19)6-7-14(18)20/h2-5,15H,6-8H2,1H3. The molecule has 2 aromatic rings. The predicted octanol–water partition coefficient (Wildman–Crippen LogP) is 0.510. The molecule has 1 fully saturated rings. The lowest BCUT2D eigenvalue weighted by atomic mass is 10.3. The van der Waals surface area contributed by atoms with Crippen LogP contribution >= 0.6 is 0 Å². The number of hydrogen-bond donors (Lipinski definition) is 1. The average molecular weight is 350 g/mol. The number of sulfonamides is 1. The molecule has 1 aromatic carbocycles. The van der Waals surface area contributed by atoms with Crippen molar-refractivity contribution in [2.45, 2.75) is 31.2 Å². The summed E-state index contributed by atoms with van der Waals surface area (Å²) in [6, 6.07) is 5.50. The number of amides is 2. The lowest BCUT2D eigenvalue weighted by Crippen LogP contribution is -2.28. The van der Waals surface area contributed by atoms with E-state index in [1.165, 1.54) is 24.3 Å². The van der Waals surface area contributed by atoms with Crippen molar-refractivity contribution >= 4 is 27.5 Å². The van der Waals surface area contributed by atoms with E-state index in [9.17, 15) is 18.0 Å². The SMILES string of the molecule is Cc1noc(CNS(=O)(=O)c2ccc(N3C(=O)CCC3=O)cc2)n1. The smallest absolute Gasteiger partial charge is 0.241 e. The summed E-state index contributed by atoms with van der Waals surface area (Å²) in [6.07, 6.45) is 0.341. The predicted molar refractivity (Wildman–Crippen MR) is 81.2 cm³/mol. The van der Waals surface area contributed by atoms with Gasteiger partial charge in [0.25, 0.3) is 0 Å². The van der Waals surface area contributed by atoms with Gasteiger partial charge in [-0.2, -0.15) is 4.98 Å². The molecule has 1 aromatic heterocycles. The minimum Gasteiger partial charge on any atom is -0.338 e. The Morgan fingerprint density at radius 1 is 1.17 bits per heavy atom. The number of carbonyl (C=O) groups is 2. The molecule has 1 aliphatic rings. The Morgan fingerprint density at radius 3 is 2.33 bits per heavy atom. The fourth-order valence-corrected chi connectivity index (χ4v) is 3.27. The molecule has 2 heterocycles. The molecular formula is C14H14N4O5S. The van der Waals surface area contributed by atoms with Crippen LogP contribution in [0, 0.1) is 6.92 Å². The molecule has 0 unspecified atom stereocenters. The summed E-state index contributed by atoms with van der Waals surface area (Å²) in [6.45, 7) is 1.50. The number of aromatic nitrogens is 2. The third kappa shape index (κ3) is 3.19. The van der Waals surface area contributed by atoms with Crippen LogP contribution in [0.1, 0.15) is 24.6 Å². The Labute approximate surface area is 137 Å². The van der Waals surface area contributed by atoms with Gasteiger partial charge in [-0.1, -0.05) is 5.16 Å². The Morgan fingerprint density at radius 2 is 1.79 bits per heavy atom. The molecule has 0 spiro atoms. The summed E-state index contributed by atoms with van der Waals surface area (Å²) in [4.78, 5) is 28.3. The van der Waals surface area contributed by atoms with Crippen molar-refractivity contribution in [3.63, 3.8) is 0 Å². The molecule has 1 aliphatic heterocycles. The fourth-order valence-electron chi connectivity index (χ4n) is 2.29. The van der Waals surface area contributed by atoms with Gasteiger partial charge in [-0.15, -0.1) is 0 Å². The molecule has 1 saturated heterocycles. The van der Waals surface area contributed by atoms with Crippen LogP contribution < -0.4 is 9.62 Å². The lowest BCUT2D eigenvalue weighted by molar-refractivity contribution is -0.121. The third-order valence-corrected chi connectivity index (χ3v) is 4.86. The molecule has 0 atom stereocenters. The number of nitrogens with zero attached hydrogens (tertiary/aromatic N) is 3. The van der Waals surface area contributed by atoms with E-state index in [0.29, 0.717) is 11.5 Å². The van der Waals surface area contributed by atoms with Crippen LogP contribution in [0.2, 0.25) is 0 Å². The zero-order valence-corrected chi connectivity index (χ0v) is 13.5. The summed E-state index contributed by atoms with van der Waals surface area (Å²) in [5, 5.41) is 3.57. The number of imide groups is 1. The summed E-state index contributed by atoms with van der Waals surface area (Å²) in [5.41, 5.74) is 0.356. The quantitative estimate of drug-likeness (QED) is 0.779. The van der Waals surface area contributed by atoms with Crippen molar-refractivity contribution in [2.75, 3.05) is 4.90 Å². The molecule has 9 nitrogen and oxygen atoms in total. The normalized spacial score (nSPS) is 15.3. The second-order valence-electron chi connectivity index (χ2n) is 5.18. The van der Waals surface area contributed by atoms with Gasteiger partial charge >= 0.3 is 0 Å². The molecule has 2 amide bonds. The van der Waals surface area contributed by atoms with Crippen LogP contribution in [-0.2, 0) is 26.2 Å². The summed E-state index contributed by atoms with van der Waals surface area (Å²) >= 11 is 0.